The van der Waals surface area contributed by atoms with Gasteiger partial charge < -0.3 is 35.3 Å². The minimum absolute atomic E-state index is 0.0312. The molecular formula is C41H54FN7O3. The Labute approximate surface area is 306 Å². The second-order valence-corrected chi connectivity index (χ2v) is 15.6. The second-order valence-electron chi connectivity index (χ2n) is 15.6. The zero-order valence-corrected chi connectivity index (χ0v) is 30.8. The molecule has 0 bridgehead atoms. The number of aliphatic hydroxyl groups excluding tert-OH is 1. The number of fused-ring (bicyclic) bond motifs is 1. The monoisotopic (exact) mass is 711 g/mol. The van der Waals surface area contributed by atoms with E-state index in [2.05, 4.69) is 68.6 Å². The van der Waals surface area contributed by atoms with Gasteiger partial charge in [0.2, 0.25) is 0 Å². The van der Waals surface area contributed by atoms with Crippen LogP contribution in [0, 0.1) is 30.5 Å². The number of likely N-dealkylation sites (tertiary alicyclic amines) is 2. The Morgan fingerprint density at radius 1 is 1.06 bits per heavy atom. The summed E-state index contributed by atoms with van der Waals surface area (Å²) in [5.74, 6) is 0.854. The highest BCUT2D eigenvalue weighted by atomic mass is 19.1. The van der Waals surface area contributed by atoms with Crippen molar-refractivity contribution in [3.05, 3.63) is 65.7 Å². The number of aromatic nitrogens is 3. The van der Waals surface area contributed by atoms with Crippen molar-refractivity contribution in [3.8, 4) is 22.5 Å². The minimum Gasteiger partial charge on any atom is -0.391 e. The van der Waals surface area contributed by atoms with Gasteiger partial charge in [0.25, 0.3) is 0 Å². The van der Waals surface area contributed by atoms with Crippen LogP contribution in [-0.4, -0.2) is 93.9 Å². The SMILES string of the molecule is Cc1c(NC(=O)N2C[C@@H](CC(C)C)[C@H](O)C2)cc(F)cc1-c1ncnc2[nH]c(-c3ccc(COC4CCN(CCC5CCNCC5)CC4)cc3)cc12. The number of nitrogens with zero attached hydrogens (tertiary/aromatic N) is 4. The lowest BCUT2D eigenvalue weighted by Gasteiger charge is -2.33. The maximum atomic E-state index is 15.1. The lowest BCUT2D eigenvalue weighted by molar-refractivity contribution is -0.00341. The van der Waals surface area contributed by atoms with Crippen LogP contribution in [0.4, 0.5) is 14.9 Å². The molecule has 52 heavy (non-hydrogen) atoms. The molecule has 3 aliphatic heterocycles. The van der Waals surface area contributed by atoms with Crippen LogP contribution in [0.15, 0.2) is 48.8 Å². The first kappa shape index (κ1) is 36.5. The van der Waals surface area contributed by atoms with Gasteiger partial charge in [-0.05, 0) is 112 Å². The lowest BCUT2D eigenvalue weighted by Crippen LogP contribution is -2.38. The van der Waals surface area contributed by atoms with E-state index in [1.807, 2.05) is 13.0 Å². The number of β-amino-alcohol motifs (C(OH)–C–C–N with tert-alkyl or cyclic N) is 1. The van der Waals surface area contributed by atoms with E-state index in [1.165, 1.54) is 57.4 Å². The van der Waals surface area contributed by atoms with E-state index in [4.69, 9.17) is 4.74 Å². The second kappa shape index (κ2) is 16.4. The average molecular weight is 712 g/mol. The molecule has 2 aromatic carbocycles. The molecule has 0 unspecified atom stereocenters. The molecule has 4 aromatic rings. The maximum Gasteiger partial charge on any atom is 0.321 e. The molecule has 3 aliphatic rings. The number of halogens is 1. The Morgan fingerprint density at radius 3 is 2.58 bits per heavy atom. The third-order valence-corrected chi connectivity index (χ3v) is 11.4. The van der Waals surface area contributed by atoms with Crippen LogP contribution < -0.4 is 10.6 Å². The van der Waals surface area contributed by atoms with E-state index in [0.717, 1.165) is 60.5 Å². The molecule has 2 aromatic heterocycles. The van der Waals surface area contributed by atoms with Crippen molar-refractivity contribution >= 4 is 22.8 Å². The highest BCUT2D eigenvalue weighted by molar-refractivity contribution is 5.97. The predicted molar refractivity (Wildman–Crippen MR) is 203 cm³/mol. The molecule has 10 nitrogen and oxygen atoms in total. The largest absolute Gasteiger partial charge is 0.391 e. The van der Waals surface area contributed by atoms with E-state index < -0.39 is 11.9 Å². The van der Waals surface area contributed by atoms with Crippen LogP contribution in [0.5, 0.6) is 0 Å². The number of carbonyl (C=O) groups is 1. The van der Waals surface area contributed by atoms with Crippen LogP contribution in [-0.2, 0) is 11.3 Å². The number of anilines is 1. The van der Waals surface area contributed by atoms with E-state index in [-0.39, 0.29) is 18.5 Å². The van der Waals surface area contributed by atoms with Gasteiger partial charge >= 0.3 is 6.03 Å². The van der Waals surface area contributed by atoms with E-state index in [0.29, 0.717) is 53.3 Å². The molecule has 0 aliphatic carbocycles. The summed E-state index contributed by atoms with van der Waals surface area (Å²) in [6.07, 6.45) is 8.18. The molecule has 0 radical (unpaired) electrons. The highest BCUT2D eigenvalue weighted by Crippen LogP contribution is 2.35. The van der Waals surface area contributed by atoms with E-state index >= 15 is 4.39 Å². The third-order valence-electron chi connectivity index (χ3n) is 11.4. The Hall–Kier alpha value is -3.90. The van der Waals surface area contributed by atoms with E-state index in [9.17, 15) is 9.90 Å². The van der Waals surface area contributed by atoms with Crippen molar-refractivity contribution in [2.24, 2.45) is 17.8 Å². The van der Waals surface area contributed by atoms with Crippen LogP contribution in [0.1, 0.15) is 63.5 Å². The molecule has 3 saturated heterocycles. The van der Waals surface area contributed by atoms with Crippen LogP contribution in [0.25, 0.3) is 33.5 Å². The molecular weight excluding hydrogens is 657 g/mol. The number of hydrogen-bond acceptors (Lipinski definition) is 7. The van der Waals surface area contributed by atoms with E-state index in [1.54, 1.807) is 4.90 Å². The van der Waals surface area contributed by atoms with Gasteiger partial charge in [0.05, 0.1) is 24.5 Å². The average Bonchev–Trinajstić information content (AvgIpc) is 3.75. The number of benzene rings is 2. The minimum atomic E-state index is -0.564. The first-order chi connectivity index (χ1) is 25.2. The molecule has 3 fully saturated rings. The number of H-pyrrole nitrogens is 1. The fourth-order valence-electron chi connectivity index (χ4n) is 8.25. The maximum absolute atomic E-state index is 15.1. The number of urea groups is 1. The van der Waals surface area contributed by atoms with Crippen LogP contribution in [0.3, 0.4) is 0 Å². The molecule has 11 heteroatoms. The molecule has 0 saturated carbocycles. The zero-order chi connectivity index (χ0) is 36.2. The standard InChI is InChI=1S/C41H54FN7O3/c1-26(2)18-31-22-49(23-38(31)50)41(51)47-36-20-32(42)19-34(27(36)3)39-35-21-37(46-40(35)45-25-44-39)30-6-4-29(5-7-30)24-52-33-11-16-48(17-12-33)15-10-28-8-13-43-14-9-28/h4-7,19-21,25-26,28,31,33,38,43,50H,8-18,22-24H2,1-3H3,(H,47,51)(H,44,45,46)/t31-,38-/m1/s1. The fraction of sp³-hybridized carbons (Fsp3) is 0.537. The predicted octanol–water partition coefficient (Wildman–Crippen LogP) is 6.98. The summed E-state index contributed by atoms with van der Waals surface area (Å²) in [7, 11) is 0. The van der Waals surface area contributed by atoms with Gasteiger partial charge in [-0.25, -0.2) is 19.2 Å². The summed E-state index contributed by atoms with van der Waals surface area (Å²) in [6.45, 7) is 13.2. The quantitative estimate of drug-likeness (QED) is 0.133. The van der Waals surface area contributed by atoms with Gasteiger partial charge in [0, 0.05) is 54.4 Å². The van der Waals surface area contributed by atoms with Crippen molar-refractivity contribution in [1.29, 1.82) is 0 Å². The number of aliphatic hydroxyl groups is 1. The first-order valence-electron chi connectivity index (χ1n) is 19.2. The smallest absolute Gasteiger partial charge is 0.321 e. The number of nitrogens with one attached hydrogen (secondary N) is 3. The topological polar surface area (TPSA) is 119 Å². The summed E-state index contributed by atoms with van der Waals surface area (Å²) >= 11 is 0. The van der Waals surface area contributed by atoms with Crippen molar-refractivity contribution in [1.82, 2.24) is 30.1 Å². The molecule has 7 rings (SSSR count). The highest BCUT2D eigenvalue weighted by Gasteiger charge is 2.34. The Kier molecular flexibility index (Phi) is 11.5. The normalized spacial score (nSPS) is 20.7. The summed E-state index contributed by atoms with van der Waals surface area (Å²) in [6, 6.07) is 12.8. The van der Waals surface area contributed by atoms with Crippen molar-refractivity contribution in [3.63, 3.8) is 0 Å². The summed E-state index contributed by atoms with van der Waals surface area (Å²) in [5, 5.41) is 17.7. The summed E-state index contributed by atoms with van der Waals surface area (Å²) < 4.78 is 21.5. The number of hydrogen-bond donors (Lipinski definition) is 4. The number of ether oxygens (including phenoxy) is 1. The Morgan fingerprint density at radius 2 is 1.83 bits per heavy atom. The van der Waals surface area contributed by atoms with Crippen LogP contribution in [0.2, 0.25) is 0 Å². The molecule has 0 spiro atoms. The number of rotatable bonds is 11. The van der Waals surface area contributed by atoms with Crippen molar-refractivity contribution < 1.29 is 19.0 Å². The zero-order valence-electron chi connectivity index (χ0n) is 30.8. The number of amides is 2. The third kappa shape index (κ3) is 8.65. The summed E-state index contributed by atoms with van der Waals surface area (Å²) in [5.41, 5.74) is 5.89. The molecule has 5 heterocycles. The summed E-state index contributed by atoms with van der Waals surface area (Å²) in [4.78, 5) is 29.9. The van der Waals surface area contributed by atoms with Gasteiger partial charge in [-0.3, -0.25) is 0 Å². The van der Waals surface area contributed by atoms with Gasteiger partial charge in [-0.15, -0.1) is 0 Å². The number of carbonyl (C=O) groups excluding carboxylic acids is 1. The van der Waals surface area contributed by atoms with Gasteiger partial charge in [-0.2, -0.15) is 0 Å². The molecule has 4 N–H and O–H groups in total. The van der Waals surface area contributed by atoms with Crippen molar-refractivity contribution in [2.45, 2.75) is 78.1 Å². The fourth-order valence-corrected chi connectivity index (χ4v) is 8.25. The Bertz CT molecular complexity index is 1820. The molecule has 2 amide bonds. The number of aromatic amines is 1. The molecule has 2 atom stereocenters. The number of piperidine rings is 2. The Balaban J connectivity index is 0.978. The molecule has 278 valence electrons. The first-order valence-corrected chi connectivity index (χ1v) is 19.2. The van der Waals surface area contributed by atoms with Gasteiger partial charge in [-0.1, -0.05) is 38.1 Å². The van der Waals surface area contributed by atoms with Crippen molar-refractivity contribution in [2.75, 3.05) is 51.1 Å². The van der Waals surface area contributed by atoms with Crippen LogP contribution >= 0.6 is 0 Å². The van der Waals surface area contributed by atoms with Gasteiger partial charge in [0.15, 0.2) is 0 Å². The lowest BCUT2D eigenvalue weighted by atomic mass is 9.94. The van der Waals surface area contributed by atoms with Gasteiger partial charge in [0.1, 0.15) is 17.8 Å².